The predicted octanol–water partition coefficient (Wildman–Crippen LogP) is 3.92. The first-order valence-electron chi connectivity index (χ1n) is 15.4. The molecule has 0 aromatic carbocycles. The monoisotopic (exact) mass is 640 g/mol. The summed E-state index contributed by atoms with van der Waals surface area (Å²) in [6.07, 6.45) is -2.63. The predicted molar refractivity (Wildman–Crippen MR) is 167 cm³/mol. The minimum absolute atomic E-state index is 0.124. The zero-order valence-electron chi connectivity index (χ0n) is 28.1. The summed E-state index contributed by atoms with van der Waals surface area (Å²) in [4.78, 5) is 50.9. The largest absolute Gasteiger partial charge is 0.470 e. The van der Waals surface area contributed by atoms with E-state index in [0.29, 0.717) is 35.8 Å². The second-order valence-electron chi connectivity index (χ2n) is 13.5. The van der Waals surface area contributed by atoms with Crippen LogP contribution in [0.1, 0.15) is 85.6 Å². The van der Waals surface area contributed by atoms with Crippen LogP contribution in [0.4, 0.5) is 13.2 Å². The number of carbonyl (C=O) groups excluding carboxylic acids is 3. The number of alkyl halides is 3. The molecule has 3 amide bonds. The van der Waals surface area contributed by atoms with E-state index in [4.69, 9.17) is 10.1 Å². The third-order valence-corrected chi connectivity index (χ3v) is 8.33. The zero-order chi connectivity index (χ0) is 34.9. The molecule has 1 aliphatic carbocycles. The van der Waals surface area contributed by atoms with E-state index >= 15 is 0 Å². The Morgan fingerprint density at radius 2 is 1.73 bits per heavy atom. The van der Waals surface area contributed by atoms with Gasteiger partial charge in [0.25, 0.3) is 5.56 Å². The van der Waals surface area contributed by atoms with Crippen molar-refractivity contribution in [3.63, 3.8) is 0 Å². The number of likely N-dealkylation sites (tertiary alicyclic amines) is 1. The molecule has 1 aromatic rings. The molecule has 1 unspecified atom stereocenters. The maximum atomic E-state index is 12.1. The molecule has 3 aliphatic rings. The van der Waals surface area contributed by atoms with E-state index in [9.17, 15) is 27.6 Å². The van der Waals surface area contributed by atoms with E-state index in [1.165, 1.54) is 0 Å². The number of nitriles is 1. The van der Waals surface area contributed by atoms with Crippen molar-refractivity contribution >= 4 is 18.2 Å². The number of nitrogens with zero attached hydrogens (tertiary/aromatic N) is 3. The Bertz CT molecular complexity index is 1250. The van der Waals surface area contributed by atoms with Crippen LogP contribution in [0, 0.1) is 34.0 Å². The van der Waals surface area contributed by atoms with Crippen LogP contribution in [0.3, 0.4) is 0 Å². The summed E-state index contributed by atoms with van der Waals surface area (Å²) in [7, 11) is 0. The van der Waals surface area contributed by atoms with Gasteiger partial charge < -0.3 is 20.9 Å². The third kappa shape index (κ3) is 11.8. The molecule has 3 heterocycles. The van der Waals surface area contributed by atoms with E-state index in [-0.39, 0.29) is 17.4 Å². The summed E-state index contributed by atoms with van der Waals surface area (Å²) in [6.45, 7) is 23.1. The van der Waals surface area contributed by atoms with Gasteiger partial charge in [-0.25, -0.2) is 0 Å². The number of hydrogen-bond acceptors (Lipinski definition) is 6. The molecule has 3 atom stereocenters. The van der Waals surface area contributed by atoms with Crippen molar-refractivity contribution in [2.45, 2.75) is 106 Å². The number of nitrogens with one attached hydrogen (secondary N) is 2. The Balaban J connectivity index is 0.000000367. The molecule has 1 saturated carbocycles. The molecule has 0 bridgehead atoms. The number of primary amides is 1. The SMILES string of the molecule is CC.CC(C)(C)CC(=O)N1C[C@@H]2[C@H](C1)C2(C)C.CC(C)N1CCc2[nH]c(=O)c(CC(C#N)NC=O)cc2C1.NC(=O)C(F)(F)F. The number of pyridine rings is 1. The van der Waals surface area contributed by atoms with Crippen molar-refractivity contribution in [1.29, 1.82) is 5.26 Å². The molecule has 45 heavy (non-hydrogen) atoms. The number of piperidine rings is 1. The number of H-pyrrole nitrogens is 1. The van der Waals surface area contributed by atoms with E-state index in [1.807, 2.05) is 26.0 Å². The van der Waals surface area contributed by atoms with Gasteiger partial charge in [-0.15, -0.1) is 0 Å². The van der Waals surface area contributed by atoms with Gasteiger partial charge in [-0.05, 0) is 48.1 Å². The number of fused-ring (bicyclic) bond motifs is 2. The minimum atomic E-state index is -4.86. The smallest absolute Gasteiger partial charge is 0.362 e. The van der Waals surface area contributed by atoms with Crippen molar-refractivity contribution in [3.05, 3.63) is 33.2 Å². The summed E-state index contributed by atoms with van der Waals surface area (Å²) in [5, 5.41) is 11.4. The van der Waals surface area contributed by atoms with Crippen LogP contribution < -0.4 is 16.6 Å². The molecule has 2 aliphatic heterocycles. The first-order valence-corrected chi connectivity index (χ1v) is 15.4. The molecule has 13 heteroatoms. The van der Waals surface area contributed by atoms with Crippen molar-refractivity contribution < 1.29 is 27.6 Å². The average Bonchev–Trinajstić information content (AvgIpc) is 3.25. The Kier molecular flexibility index (Phi) is 14.3. The Labute approximate surface area is 264 Å². The summed E-state index contributed by atoms with van der Waals surface area (Å²) >= 11 is 0. The summed E-state index contributed by atoms with van der Waals surface area (Å²) < 4.78 is 32.1. The molecule has 0 spiro atoms. The fraction of sp³-hybridized carbons (Fsp3) is 0.719. The highest BCUT2D eigenvalue weighted by Gasteiger charge is 2.62. The van der Waals surface area contributed by atoms with Gasteiger partial charge in [-0.1, -0.05) is 48.5 Å². The fourth-order valence-electron chi connectivity index (χ4n) is 5.52. The minimum Gasteiger partial charge on any atom is -0.362 e. The second kappa shape index (κ2) is 16.2. The highest BCUT2D eigenvalue weighted by atomic mass is 19.4. The van der Waals surface area contributed by atoms with Crippen molar-refractivity contribution in [2.75, 3.05) is 19.6 Å². The zero-order valence-corrected chi connectivity index (χ0v) is 28.1. The number of nitrogens with two attached hydrogens (primary N) is 1. The maximum Gasteiger partial charge on any atom is 0.470 e. The highest BCUT2D eigenvalue weighted by molar-refractivity contribution is 5.79. The number of halogens is 3. The third-order valence-electron chi connectivity index (χ3n) is 8.33. The number of rotatable bonds is 6. The second-order valence-corrected chi connectivity index (χ2v) is 13.5. The quantitative estimate of drug-likeness (QED) is 0.401. The van der Waals surface area contributed by atoms with Gasteiger partial charge in [0.2, 0.25) is 12.3 Å². The normalized spacial score (nSPS) is 20.3. The lowest BCUT2D eigenvalue weighted by atomic mass is 9.91. The van der Waals surface area contributed by atoms with Gasteiger partial charge in [-0.3, -0.25) is 24.1 Å². The van der Waals surface area contributed by atoms with Gasteiger partial charge in [0, 0.05) is 62.7 Å². The first-order chi connectivity index (χ1) is 20.7. The van der Waals surface area contributed by atoms with Crippen LogP contribution in [0.15, 0.2) is 10.9 Å². The van der Waals surface area contributed by atoms with Crippen LogP contribution in [0.25, 0.3) is 0 Å². The summed E-state index contributed by atoms with van der Waals surface area (Å²) in [5.74, 6) is -0.346. The first kappa shape index (κ1) is 39.6. The van der Waals surface area contributed by atoms with Crippen molar-refractivity contribution in [3.8, 4) is 6.07 Å². The number of aromatic nitrogens is 1. The molecular weight excluding hydrogens is 589 g/mol. The lowest BCUT2D eigenvalue weighted by Gasteiger charge is -2.31. The van der Waals surface area contributed by atoms with Gasteiger partial charge in [-0.2, -0.15) is 18.4 Å². The molecule has 10 nitrogen and oxygen atoms in total. The topological polar surface area (TPSA) is 152 Å². The summed E-state index contributed by atoms with van der Waals surface area (Å²) in [6, 6.07) is 3.64. The highest BCUT2D eigenvalue weighted by Crippen LogP contribution is 2.62. The fourth-order valence-corrected chi connectivity index (χ4v) is 5.52. The van der Waals surface area contributed by atoms with E-state index < -0.39 is 18.1 Å². The Morgan fingerprint density at radius 1 is 1.20 bits per heavy atom. The van der Waals surface area contributed by atoms with Crippen molar-refractivity contribution in [2.24, 2.45) is 28.4 Å². The molecule has 1 aromatic heterocycles. The maximum absolute atomic E-state index is 12.1. The van der Waals surface area contributed by atoms with Crippen LogP contribution in [0.2, 0.25) is 0 Å². The van der Waals surface area contributed by atoms with Gasteiger partial charge in [0.1, 0.15) is 6.04 Å². The standard InChI is InChI=1S/C15H20N4O2.C13H23NO.C2H2F3NO.C2H6/c1-10(2)19-4-3-14-12(8-19)5-11(15(21)18-14)6-13(7-16)17-9-20;1-12(2,3)6-11(15)14-7-9-10(8-14)13(9,4)5;3-2(4,5)1(6)7;1-2/h5,9-10,13H,3-4,6,8H2,1-2H3,(H,17,20)(H,18,21);9-10H,6-8H2,1-5H3;(H2,6,7);1-2H3/t;9-,10+;;. The van der Waals surface area contributed by atoms with Crippen LogP contribution in [-0.4, -0.2) is 70.9 Å². The van der Waals surface area contributed by atoms with Crippen LogP contribution >= 0.6 is 0 Å². The van der Waals surface area contributed by atoms with Crippen LogP contribution in [0.5, 0.6) is 0 Å². The number of hydrogen-bond donors (Lipinski definition) is 3. The van der Waals surface area contributed by atoms with E-state index in [2.05, 4.69) is 74.3 Å². The number of carbonyl (C=O) groups is 3. The van der Waals surface area contributed by atoms with Gasteiger partial charge >= 0.3 is 12.1 Å². The van der Waals surface area contributed by atoms with Gasteiger partial charge in [0.05, 0.1) is 6.07 Å². The molecule has 254 valence electrons. The molecule has 4 rings (SSSR count). The van der Waals surface area contributed by atoms with Crippen molar-refractivity contribution in [1.82, 2.24) is 20.1 Å². The molecule has 1 saturated heterocycles. The molecular formula is C32H51F3N6O4. The summed E-state index contributed by atoms with van der Waals surface area (Å²) in [5.41, 5.74) is 6.91. The number of aromatic amines is 1. The van der Waals surface area contributed by atoms with E-state index in [1.54, 1.807) is 0 Å². The molecule has 4 N–H and O–H groups in total. The van der Waals surface area contributed by atoms with Crippen LogP contribution in [-0.2, 0) is 33.8 Å². The molecule has 2 fully saturated rings. The van der Waals surface area contributed by atoms with E-state index in [0.717, 1.165) is 55.7 Å². The average molecular weight is 641 g/mol. The lowest BCUT2D eigenvalue weighted by Crippen LogP contribution is -2.38. The number of amides is 3. The Morgan fingerprint density at radius 3 is 2.16 bits per heavy atom. The molecule has 0 radical (unpaired) electrons. The Hall–Kier alpha value is -3.40. The van der Waals surface area contributed by atoms with Gasteiger partial charge in [0.15, 0.2) is 0 Å². The lowest BCUT2D eigenvalue weighted by molar-refractivity contribution is -0.169.